The average Bonchev–Trinajstić information content (AvgIpc) is 2.40. The number of benzene rings is 2. The molecule has 2 nitrogen and oxygen atoms in total. The minimum Gasteiger partial charge on any atom is -0.507 e. The Morgan fingerprint density at radius 3 is 2.21 bits per heavy atom. The normalized spacial score (nSPS) is 12.2. The number of hydrogen-bond acceptors (Lipinski definition) is 2. The summed E-state index contributed by atoms with van der Waals surface area (Å²) in [6.45, 7) is 8.06. The molecule has 2 aromatic carbocycles. The number of anilines is 1. The van der Waals surface area contributed by atoms with Crippen LogP contribution in [0.1, 0.15) is 35.2 Å². The van der Waals surface area contributed by atoms with E-state index in [-0.39, 0.29) is 6.04 Å². The molecule has 0 heterocycles. The minimum atomic E-state index is 0.210. The van der Waals surface area contributed by atoms with Gasteiger partial charge in [0.15, 0.2) is 0 Å². The van der Waals surface area contributed by atoms with Gasteiger partial charge in [-0.1, -0.05) is 35.9 Å². The molecular formula is C17H21NO. The summed E-state index contributed by atoms with van der Waals surface area (Å²) in [5, 5.41) is 13.4. The Morgan fingerprint density at radius 1 is 0.947 bits per heavy atom. The highest BCUT2D eigenvalue weighted by Gasteiger charge is 2.10. The fourth-order valence-corrected chi connectivity index (χ4v) is 2.16. The van der Waals surface area contributed by atoms with Crippen molar-refractivity contribution in [3.05, 3.63) is 58.7 Å². The topological polar surface area (TPSA) is 32.3 Å². The van der Waals surface area contributed by atoms with Crippen molar-refractivity contribution in [2.75, 3.05) is 5.32 Å². The van der Waals surface area contributed by atoms with E-state index in [0.717, 1.165) is 16.8 Å². The van der Waals surface area contributed by atoms with E-state index in [4.69, 9.17) is 0 Å². The molecule has 2 heteroatoms. The molecule has 0 amide bonds. The van der Waals surface area contributed by atoms with Gasteiger partial charge >= 0.3 is 0 Å². The van der Waals surface area contributed by atoms with E-state index in [1.54, 1.807) is 0 Å². The molecule has 100 valence electrons. The number of rotatable bonds is 3. The summed E-state index contributed by atoms with van der Waals surface area (Å²) in [6, 6.07) is 12.7. The van der Waals surface area contributed by atoms with Gasteiger partial charge in [-0.25, -0.2) is 0 Å². The lowest BCUT2D eigenvalue weighted by Crippen LogP contribution is -2.07. The highest BCUT2D eigenvalue weighted by Crippen LogP contribution is 2.30. The minimum absolute atomic E-state index is 0.210. The van der Waals surface area contributed by atoms with E-state index in [1.165, 1.54) is 11.1 Å². The first kappa shape index (κ1) is 13.5. The average molecular weight is 255 g/mol. The van der Waals surface area contributed by atoms with Crippen LogP contribution < -0.4 is 5.32 Å². The van der Waals surface area contributed by atoms with Crippen LogP contribution >= 0.6 is 0 Å². The number of aromatic hydroxyl groups is 1. The standard InChI is InChI=1S/C17H21NO/c1-11-5-8-15(9-6-11)14(4)18-16-10-7-12(2)17(19)13(16)3/h5-10,14,18-19H,1-4H3. The lowest BCUT2D eigenvalue weighted by molar-refractivity contribution is 0.467. The predicted octanol–water partition coefficient (Wildman–Crippen LogP) is 4.49. The molecule has 2 aromatic rings. The summed E-state index contributed by atoms with van der Waals surface area (Å²) in [5.74, 6) is 0.376. The Morgan fingerprint density at radius 2 is 1.58 bits per heavy atom. The van der Waals surface area contributed by atoms with Gasteiger partial charge in [0.1, 0.15) is 5.75 Å². The van der Waals surface area contributed by atoms with Crippen LogP contribution in [0.2, 0.25) is 0 Å². The van der Waals surface area contributed by atoms with Crippen molar-refractivity contribution in [2.24, 2.45) is 0 Å². The van der Waals surface area contributed by atoms with Gasteiger partial charge in [-0.15, -0.1) is 0 Å². The van der Waals surface area contributed by atoms with E-state index < -0.39 is 0 Å². The van der Waals surface area contributed by atoms with Gasteiger partial charge in [0, 0.05) is 17.3 Å². The first-order valence-corrected chi connectivity index (χ1v) is 6.61. The number of aryl methyl sites for hydroxylation is 2. The Kier molecular flexibility index (Phi) is 3.79. The van der Waals surface area contributed by atoms with E-state index in [0.29, 0.717) is 5.75 Å². The van der Waals surface area contributed by atoms with Gasteiger partial charge in [0.25, 0.3) is 0 Å². The third kappa shape index (κ3) is 2.90. The largest absolute Gasteiger partial charge is 0.507 e. The lowest BCUT2D eigenvalue weighted by Gasteiger charge is -2.19. The zero-order valence-electron chi connectivity index (χ0n) is 12.0. The molecule has 2 rings (SSSR count). The summed E-state index contributed by atoms with van der Waals surface area (Å²) in [7, 11) is 0. The van der Waals surface area contributed by atoms with Crippen molar-refractivity contribution in [2.45, 2.75) is 33.7 Å². The lowest BCUT2D eigenvalue weighted by atomic mass is 10.0. The van der Waals surface area contributed by atoms with Crippen LogP contribution in [0.15, 0.2) is 36.4 Å². The van der Waals surface area contributed by atoms with Crippen molar-refractivity contribution < 1.29 is 5.11 Å². The van der Waals surface area contributed by atoms with Gasteiger partial charge in [0.05, 0.1) is 0 Å². The van der Waals surface area contributed by atoms with Gasteiger partial charge in [-0.3, -0.25) is 0 Å². The van der Waals surface area contributed by atoms with Crippen LogP contribution in [0.4, 0.5) is 5.69 Å². The van der Waals surface area contributed by atoms with Gasteiger partial charge in [-0.2, -0.15) is 0 Å². The Hall–Kier alpha value is -1.96. The van der Waals surface area contributed by atoms with Crippen LogP contribution in [-0.4, -0.2) is 5.11 Å². The van der Waals surface area contributed by atoms with E-state index in [1.807, 2.05) is 26.0 Å². The molecule has 0 fully saturated rings. The Balaban J connectivity index is 2.21. The molecule has 1 atom stereocenters. The van der Waals surface area contributed by atoms with E-state index in [2.05, 4.69) is 43.4 Å². The number of hydrogen-bond donors (Lipinski definition) is 2. The van der Waals surface area contributed by atoms with E-state index >= 15 is 0 Å². The molecule has 0 aliphatic rings. The molecule has 2 N–H and O–H groups in total. The van der Waals surface area contributed by atoms with Crippen molar-refractivity contribution >= 4 is 5.69 Å². The summed E-state index contributed by atoms with van der Waals surface area (Å²) < 4.78 is 0. The number of nitrogens with one attached hydrogen (secondary N) is 1. The van der Waals surface area contributed by atoms with Crippen molar-refractivity contribution in [3.63, 3.8) is 0 Å². The van der Waals surface area contributed by atoms with Crippen LogP contribution in [0.5, 0.6) is 5.75 Å². The maximum atomic E-state index is 9.97. The fraction of sp³-hybridized carbons (Fsp3) is 0.294. The van der Waals surface area contributed by atoms with Crippen LogP contribution in [-0.2, 0) is 0 Å². The molecule has 1 unspecified atom stereocenters. The molecule has 0 aliphatic heterocycles. The smallest absolute Gasteiger partial charge is 0.123 e. The third-order valence-electron chi connectivity index (χ3n) is 3.58. The monoisotopic (exact) mass is 255 g/mol. The second kappa shape index (κ2) is 5.35. The summed E-state index contributed by atoms with van der Waals surface area (Å²) in [5.41, 5.74) is 5.30. The van der Waals surface area contributed by atoms with Gasteiger partial charge in [0.2, 0.25) is 0 Å². The molecule has 0 bridgehead atoms. The number of phenols is 1. The molecule has 0 saturated carbocycles. The molecule has 0 saturated heterocycles. The molecule has 0 radical (unpaired) electrons. The third-order valence-corrected chi connectivity index (χ3v) is 3.58. The van der Waals surface area contributed by atoms with Crippen LogP contribution in [0.3, 0.4) is 0 Å². The summed E-state index contributed by atoms with van der Waals surface area (Å²) in [4.78, 5) is 0. The molecular weight excluding hydrogens is 234 g/mol. The van der Waals surface area contributed by atoms with Crippen molar-refractivity contribution in [1.29, 1.82) is 0 Å². The van der Waals surface area contributed by atoms with Crippen molar-refractivity contribution in [1.82, 2.24) is 0 Å². The van der Waals surface area contributed by atoms with Gasteiger partial charge < -0.3 is 10.4 Å². The quantitative estimate of drug-likeness (QED) is 0.847. The molecule has 0 spiro atoms. The summed E-state index contributed by atoms with van der Waals surface area (Å²) >= 11 is 0. The molecule has 0 aliphatic carbocycles. The van der Waals surface area contributed by atoms with Gasteiger partial charge in [-0.05, 0) is 44.9 Å². The summed E-state index contributed by atoms with van der Waals surface area (Å²) in [6.07, 6.45) is 0. The highest BCUT2D eigenvalue weighted by molar-refractivity contribution is 5.59. The zero-order valence-corrected chi connectivity index (χ0v) is 12.0. The van der Waals surface area contributed by atoms with E-state index in [9.17, 15) is 5.11 Å². The zero-order chi connectivity index (χ0) is 14.0. The maximum absolute atomic E-state index is 9.97. The maximum Gasteiger partial charge on any atom is 0.123 e. The van der Waals surface area contributed by atoms with Crippen molar-refractivity contribution in [3.8, 4) is 5.75 Å². The molecule has 0 aromatic heterocycles. The first-order chi connectivity index (χ1) is 8.99. The Labute approximate surface area is 115 Å². The number of phenolic OH excluding ortho intramolecular Hbond substituents is 1. The highest BCUT2D eigenvalue weighted by atomic mass is 16.3. The Bertz CT molecular complexity index is 573. The second-order valence-electron chi connectivity index (χ2n) is 5.18. The SMILES string of the molecule is Cc1ccc(C(C)Nc2ccc(C)c(O)c2C)cc1. The van der Waals surface area contributed by atoms with Crippen LogP contribution in [0, 0.1) is 20.8 Å². The first-order valence-electron chi connectivity index (χ1n) is 6.61. The molecule has 19 heavy (non-hydrogen) atoms. The van der Waals surface area contributed by atoms with Crippen LogP contribution in [0.25, 0.3) is 0 Å². The fourth-order valence-electron chi connectivity index (χ4n) is 2.16. The second-order valence-corrected chi connectivity index (χ2v) is 5.18. The predicted molar refractivity (Wildman–Crippen MR) is 80.8 cm³/mol.